The molecular formula is C58H69Cl2F3SiZr. The summed E-state index contributed by atoms with van der Waals surface area (Å²) in [5.41, 5.74) is 11.7. The Morgan fingerprint density at radius 3 is 1.25 bits per heavy atom. The zero-order valence-corrected chi connectivity index (χ0v) is 43.6. The Morgan fingerprint density at radius 1 is 0.538 bits per heavy atom. The van der Waals surface area contributed by atoms with E-state index < -0.39 is 33.4 Å². The molecule has 4 aliphatic rings. The Labute approximate surface area is 410 Å². The van der Waals surface area contributed by atoms with E-state index in [0.717, 1.165) is 23.7 Å². The maximum absolute atomic E-state index is 11.2. The maximum atomic E-state index is 11.2. The van der Waals surface area contributed by atoms with Gasteiger partial charge in [0, 0.05) is 15.9 Å². The first-order chi connectivity index (χ1) is 31.7. The van der Waals surface area contributed by atoms with Gasteiger partial charge in [-0.15, -0.1) is 69.1 Å². The van der Waals surface area contributed by atoms with Gasteiger partial charge in [0.1, 0.15) is 0 Å². The van der Waals surface area contributed by atoms with E-state index in [2.05, 4.69) is 109 Å². The molecule has 0 nitrogen and oxygen atoms in total. The first-order valence-corrected chi connectivity index (χ1v) is 33.0. The number of benzene rings is 4. The van der Waals surface area contributed by atoms with E-state index in [0.29, 0.717) is 9.52 Å². The summed E-state index contributed by atoms with van der Waals surface area (Å²) in [5.74, 6) is 3.42. The number of hydrogen-bond acceptors (Lipinski definition) is 0. The minimum Gasteiger partial charge on any atom is -0.164 e. The van der Waals surface area contributed by atoms with Gasteiger partial charge in [-0.05, 0) is 84.5 Å². The first-order valence-electron chi connectivity index (χ1n) is 25.0. The second-order valence-electron chi connectivity index (χ2n) is 19.5. The van der Waals surface area contributed by atoms with Crippen molar-refractivity contribution in [2.75, 3.05) is 0 Å². The maximum Gasteiger partial charge on any atom is -0.0162 e. The van der Waals surface area contributed by atoms with E-state index >= 15 is 0 Å². The van der Waals surface area contributed by atoms with Crippen LogP contribution in [-0.2, 0) is 33.7 Å². The SMILES string of the molecule is C[Si]CCC(F)(F)F.[Cl][Zr+2][Cl].c1cc(-c2ccc(C3CCCCC3)cc2)c2cc(CC3CCCC3)[cH-]c2c1.c1cc(-c2ccc(C3CCCCC3)cc2)c2cc(CC3CCCC3)[cH-]c2c1. The fraction of sp³-hybridized carbons (Fsp3) is 0.483. The average molecular weight is 1010 g/mol. The van der Waals surface area contributed by atoms with E-state index in [1.54, 1.807) is 28.8 Å². The topological polar surface area (TPSA) is 0 Å². The van der Waals surface area contributed by atoms with E-state index in [4.69, 9.17) is 17.0 Å². The molecule has 65 heavy (non-hydrogen) atoms. The Morgan fingerprint density at radius 2 is 0.908 bits per heavy atom. The summed E-state index contributed by atoms with van der Waals surface area (Å²) in [5, 5.41) is 5.71. The van der Waals surface area contributed by atoms with Gasteiger partial charge in [-0.3, -0.25) is 0 Å². The van der Waals surface area contributed by atoms with Crippen LogP contribution >= 0.6 is 17.0 Å². The Balaban J connectivity index is 0.000000159. The van der Waals surface area contributed by atoms with Crippen LogP contribution < -0.4 is 0 Å². The summed E-state index contributed by atoms with van der Waals surface area (Å²) < 4.78 is 33.7. The molecule has 0 heterocycles. The third-order valence-electron chi connectivity index (χ3n) is 14.9. The molecule has 0 spiro atoms. The molecular weight excluding hydrogens is 944 g/mol. The molecule has 0 saturated heterocycles. The fourth-order valence-corrected chi connectivity index (χ4v) is 12.0. The minimum absolute atomic E-state index is 0.281. The number of halogens is 5. The van der Waals surface area contributed by atoms with Gasteiger partial charge in [-0.1, -0.05) is 174 Å². The molecule has 0 aliphatic heterocycles. The standard InChI is InChI=1S/2C27H31.C4H7F3Si.2ClH.Zr/c2*1-2-9-22(10-3-1)23-13-15-24(16-14-23)26-12-6-11-25-18-21(19-27(25)26)17-20-7-4-5-8-20;1-8-3-2-4(5,6)7;;;/h2*6,11-16,18-20,22H,1-5,7-10,17H2;2-3H2,1H3;2*1H;/q2*-1;;;;+4/p-2. The molecule has 4 aliphatic carbocycles. The summed E-state index contributed by atoms with van der Waals surface area (Å²) in [6.07, 6.45) is 23.4. The number of rotatable bonds is 10. The van der Waals surface area contributed by atoms with Gasteiger partial charge in [0.25, 0.3) is 0 Å². The molecule has 6 aromatic carbocycles. The monoisotopic (exact) mass is 1010 g/mol. The van der Waals surface area contributed by atoms with Gasteiger partial charge in [0.15, 0.2) is 0 Å². The zero-order chi connectivity index (χ0) is 45.4. The van der Waals surface area contributed by atoms with Crippen LogP contribution in [0.25, 0.3) is 43.8 Å². The van der Waals surface area contributed by atoms with Gasteiger partial charge in [-0.25, -0.2) is 0 Å². The van der Waals surface area contributed by atoms with Crippen molar-refractivity contribution in [3.8, 4) is 22.3 Å². The van der Waals surface area contributed by atoms with Crippen molar-refractivity contribution in [1.29, 1.82) is 0 Å². The normalized spacial score (nSPS) is 17.5. The van der Waals surface area contributed by atoms with E-state index in [1.165, 1.54) is 172 Å². The summed E-state index contributed by atoms with van der Waals surface area (Å²) in [6, 6.07) is 42.8. The number of hydrogen-bond donors (Lipinski definition) is 0. The van der Waals surface area contributed by atoms with Crippen LogP contribution in [0.1, 0.15) is 156 Å². The quantitative estimate of drug-likeness (QED) is 0.0948. The Hall–Kier alpha value is -2.43. The minimum atomic E-state index is -3.94. The number of fused-ring (bicyclic) bond motifs is 2. The van der Waals surface area contributed by atoms with E-state index in [-0.39, 0.29) is 6.04 Å². The van der Waals surface area contributed by atoms with Crippen LogP contribution in [0.2, 0.25) is 12.6 Å². The van der Waals surface area contributed by atoms with Crippen LogP contribution in [0, 0.1) is 11.8 Å². The summed E-state index contributed by atoms with van der Waals surface area (Å²) in [4.78, 5) is 0. The second-order valence-corrected chi connectivity index (χ2v) is 24.4. The van der Waals surface area contributed by atoms with Crippen molar-refractivity contribution in [3.05, 3.63) is 131 Å². The molecule has 6 aromatic rings. The van der Waals surface area contributed by atoms with Gasteiger partial charge in [0.2, 0.25) is 0 Å². The van der Waals surface area contributed by atoms with E-state index in [1.807, 2.05) is 0 Å². The summed E-state index contributed by atoms with van der Waals surface area (Å²) >= 11 is -0.826. The first kappa shape index (κ1) is 50.4. The Bertz CT molecular complexity index is 2130. The summed E-state index contributed by atoms with van der Waals surface area (Å²) in [6.45, 7) is 1.77. The fourth-order valence-electron chi connectivity index (χ4n) is 11.4. The predicted molar refractivity (Wildman–Crippen MR) is 272 cm³/mol. The molecule has 2 radical (unpaired) electrons. The largest absolute Gasteiger partial charge is 0.164 e. The van der Waals surface area contributed by atoms with Crippen LogP contribution in [0.15, 0.2) is 109 Å². The molecule has 0 bridgehead atoms. The predicted octanol–water partition coefficient (Wildman–Crippen LogP) is 19.5. The van der Waals surface area contributed by atoms with Gasteiger partial charge in [0.05, 0.1) is 0 Å². The van der Waals surface area contributed by atoms with Crippen LogP contribution in [0.3, 0.4) is 0 Å². The third kappa shape index (κ3) is 15.0. The summed E-state index contributed by atoms with van der Waals surface area (Å²) in [7, 11) is 10.3. The number of alkyl halides is 3. The molecule has 4 saturated carbocycles. The van der Waals surface area contributed by atoms with Gasteiger partial charge < -0.3 is 0 Å². The molecule has 0 atom stereocenters. The van der Waals surface area contributed by atoms with Crippen LogP contribution in [-0.4, -0.2) is 15.7 Å². The van der Waals surface area contributed by atoms with Crippen molar-refractivity contribution < 1.29 is 34.0 Å². The van der Waals surface area contributed by atoms with Gasteiger partial charge in [-0.2, -0.15) is 25.3 Å². The van der Waals surface area contributed by atoms with Crippen molar-refractivity contribution >= 4 is 48.1 Å². The smallest absolute Gasteiger partial charge is 0.0162 e. The van der Waals surface area contributed by atoms with Crippen molar-refractivity contribution in [2.45, 2.75) is 165 Å². The average Bonchev–Trinajstić information content (AvgIpc) is 4.19. The molecule has 7 heteroatoms. The van der Waals surface area contributed by atoms with Crippen molar-refractivity contribution in [1.82, 2.24) is 0 Å². The molecule has 0 N–H and O–H groups in total. The van der Waals surface area contributed by atoms with Gasteiger partial charge >= 0.3 is 44.1 Å². The van der Waals surface area contributed by atoms with Crippen LogP contribution in [0.4, 0.5) is 13.2 Å². The van der Waals surface area contributed by atoms with Crippen LogP contribution in [0.5, 0.6) is 0 Å². The zero-order valence-electron chi connectivity index (χ0n) is 38.6. The molecule has 344 valence electrons. The third-order valence-corrected chi connectivity index (χ3v) is 15.6. The van der Waals surface area contributed by atoms with E-state index in [9.17, 15) is 13.2 Å². The van der Waals surface area contributed by atoms with Crippen molar-refractivity contribution in [2.24, 2.45) is 11.8 Å². The molecule has 10 rings (SSSR count). The molecule has 0 unspecified atom stereocenters. The second kappa shape index (κ2) is 25.8. The molecule has 0 amide bonds. The van der Waals surface area contributed by atoms with Crippen molar-refractivity contribution in [3.63, 3.8) is 0 Å². The molecule has 0 aromatic heterocycles. The molecule has 4 fully saturated rings. The Kier molecular flexibility index (Phi) is 20.0.